The number of hydrogen-bond donors (Lipinski definition) is 1. The highest BCUT2D eigenvalue weighted by Crippen LogP contribution is 2.13. The lowest BCUT2D eigenvalue weighted by atomic mass is 10.2. The van der Waals surface area contributed by atoms with Crippen molar-refractivity contribution in [2.45, 2.75) is 18.2 Å². The van der Waals surface area contributed by atoms with Crippen molar-refractivity contribution in [3.8, 4) is 0 Å². The van der Waals surface area contributed by atoms with E-state index in [1.54, 1.807) is 6.07 Å². The average molecular weight is 322 g/mol. The Kier molecular flexibility index (Phi) is 6.82. The molecule has 0 aliphatic rings. The molecule has 1 aromatic rings. The second-order valence-corrected chi connectivity index (χ2v) is 4.16. The summed E-state index contributed by atoms with van der Waals surface area (Å²) in [4.78, 5) is 11.5. The normalized spacial score (nSPS) is 10.7. The van der Waals surface area contributed by atoms with Crippen molar-refractivity contribution in [1.82, 2.24) is 0 Å². The fraction of sp³-hybridized carbons (Fsp3) is 0.417. The second-order valence-electron chi connectivity index (χ2n) is 3.60. The van der Waals surface area contributed by atoms with Crippen LogP contribution in [0.1, 0.15) is 12.0 Å². The first-order chi connectivity index (χ1) is 8.61. The van der Waals surface area contributed by atoms with E-state index in [0.717, 1.165) is 5.56 Å². The van der Waals surface area contributed by atoms with Crippen molar-refractivity contribution < 1.29 is 18.3 Å². The fourth-order valence-electron chi connectivity index (χ4n) is 1.29. The molecule has 0 heterocycles. The van der Waals surface area contributed by atoms with Gasteiger partial charge in [-0.05, 0) is 17.7 Å². The lowest BCUT2D eigenvalue weighted by molar-refractivity contribution is -0.117. The maximum absolute atomic E-state index is 11.8. The summed E-state index contributed by atoms with van der Waals surface area (Å²) in [6.07, 6.45) is -2.44. The number of nitrogens with one attached hydrogen (secondary N) is 1. The summed E-state index contributed by atoms with van der Waals surface area (Å²) < 4.78 is 28.1. The molecule has 0 fully saturated rings. The van der Waals surface area contributed by atoms with Crippen LogP contribution in [0.4, 0.5) is 14.5 Å². The van der Waals surface area contributed by atoms with Crippen LogP contribution < -0.4 is 5.32 Å². The summed E-state index contributed by atoms with van der Waals surface area (Å²) in [7, 11) is 0. The van der Waals surface area contributed by atoms with E-state index >= 15 is 0 Å². The summed E-state index contributed by atoms with van der Waals surface area (Å²) in [5.41, 5.74) is 1.73. The van der Waals surface area contributed by atoms with Crippen LogP contribution in [0.3, 0.4) is 0 Å². The standard InChI is InChI=1S/C12H14BrF2NO2/c13-7-9-2-1-3-10(6-9)16-12(17)4-5-18-8-11(14)15/h1-3,6,11H,4-5,7-8H2,(H,16,17). The van der Waals surface area contributed by atoms with Gasteiger partial charge in [0.25, 0.3) is 6.43 Å². The molecule has 1 amide bonds. The predicted molar refractivity (Wildman–Crippen MR) is 69.1 cm³/mol. The lowest BCUT2D eigenvalue weighted by Gasteiger charge is -2.07. The van der Waals surface area contributed by atoms with E-state index in [2.05, 4.69) is 26.0 Å². The first kappa shape index (κ1) is 15.0. The van der Waals surface area contributed by atoms with Gasteiger partial charge in [-0.15, -0.1) is 0 Å². The third kappa shape index (κ3) is 6.07. The number of alkyl halides is 3. The van der Waals surface area contributed by atoms with Gasteiger partial charge >= 0.3 is 0 Å². The smallest absolute Gasteiger partial charge is 0.261 e. The van der Waals surface area contributed by atoms with Crippen molar-refractivity contribution in [1.29, 1.82) is 0 Å². The molecular weight excluding hydrogens is 308 g/mol. The second kappa shape index (κ2) is 8.16. The molecule has 1 N–H and O–H groups in total. The van der Waals surface area contributed by atoms with Crippen molar-refractivity contribution in [2.75, 3.05) is 18.5 Å². The number of amides is 1. The van der Waals surface area contributed by atoms with Crippen molar-refractivity contribution >= 4 is 27.5 Å². The van der Waals surface area contributed by atoms with Gasteiger partial charge in [-0.25, -0.2) is 8.78 Å². The highest BCUT2D eigenvalue weighted by molar-refractivity contribution is 9.08. The molecule has 0 saturated heterocycles. The SMILES string of the molecule is O=C(CCOCC(F)F)Nc1cccc(CBr)c1. The average Bonchev–Trinajstić information content (AvgIpc) is 2.34. The van der Waals surface area contributed by atoms with Crippen molar-refractivity contribution in [2.24, 2.45) is 0 Å². The summed E-state index contributed by atoms with van der Waals surface area (Å²) in [5, 5.41) is 3.38. The zero-order chi connectivity index (χ0) is 13.4. The maximum Gasteiger partial charge on any atom is 0.261 e. The van der Waals surface area contributed by atoms with Gasteiger partial charge in [-0.3, -0.25) is 4.79 Å². The molecule has 0 saturated carbocycles. The quantitative estimate of drug-likeness (QED) is 0.618. The molecule has 0 aliphatic carbocycles. The molecule has 1 aromatic carbocycles. The lowest BCUT2D eigenvalue weighted by Crippen LogP contribution is -2.15. The van der Waals surface area contributed by atoms with Gasteiger partial charge in [-0.2, -0.15) is 0 Å². The molecule has 3 nitrogen and oxygen atoms in total. The van der Waals surface area contributed by atoms with Crippen LogP contribution in [0.2, 0.25) is 0 Å². The van der Waals surface area contributed by atoms with Gasteiger partial charge in [0.1, 0.15) is 6.61 Å². The monoisotopic (exact) mass is 321 g/mol. The Labute approximate surface area is 113 Å². The number of ether oxygens (including phenoxy) is 1. The topological polar surface area (TPSA) is 38.3 Å². The summed E-state index contributed by atoms with van der Waals surface area (Å²) in [6, 6.07) is 7.37. The Morgan fingerprint density at radius 3 is 2.89 bits per heavy atom. The van der Waals surface area contributed by atoms with Crippen molar-refractivity contribution in [3.63, 3.8) is 0 Å². The number of anilines is 1. The van der Waals surface area contributed by atoms with Crippen LogP contribution in [0, 0.1) is 0 Å². The highest BCUT2D eigenvalue weighted by atomic mass is 79.9. The number of halogens is 3. The molecular formula is C12H14BrF2NO2. The van der Waals surface area contributed by atoms with Gasteiger partial charge in [0.2, 0.25) is 5.91 Å². The van der Waals surface area contributed by atoms with E-state index in [1.165, 1.54) is 0 Å². The van der Waals surface area contributed by atoms with Gasteiger partial charge in [-0.1, -0.05) is 28.1 Å². The molecule has 1 rings (SSSR count). The Morgan fingerprint density at radius 1 is 1.44 bits per heavy atom. The van der Waals surface area contributed by atoms with E-state index in [4.69, 9.17) is 0 Å². The van der Waals surface area contributed by atoms with Crippen LogP contribution in [0.5, 0.6) is 0 Å². The third-order valence-corrected chi connectivity index (χ3v) is 2.73. The molecule has 0 aliphatic heterocycles. The fourth-order valence-corrected chi connectivity index (χ4v) is 1.64. The minimum Gasteiger partial charge on any atom is -0.375 e. The summed E-state index contributed by atoms with van der Waals surface area (Å²) in [6.45, 7) is -0.638. The first-order valence-electron chi connectivity index (χ1n) is 5.42. The number of carbonyl (C=O) groups is 1. The third-order valence-electron chi connectivity index (χ3n) is 2.08. The first-order valence-corrected chi connectivity index (χ1v) is 6.54. The van der Waals surface area contributed by atoms with Gasteiger partial charge in [0, 0.05) is 11.0 Å². The maximum atomic E-state index is 11.8. The zero-order valence-corrected chi connectivity index (χ0v) is 11.3. The molecule has 0 bridgehead atoms. The molecule has 0 radical (unpaired) electrons. The molecule has 0 atom stereocenters. The molecule has 18 heavy (non-hydrogen) atoms. The predicted octanol–water partition coefficient (Wildman–Crippen LogP) is 3.19. The van der Waals surface area contributed by atoms with E-state index in [9.17, 15) is 13.6 Å². The molecule has 0 unspecified atom stereocenters. The van der Waals surface area contributed by atoms with Crippen LogP contribution in [0.25, 0.3) is 0 Å². The molecule has 100 valence electrons. The van der Waals surface area contributed by atoms with Crippen LogP contribution in [-0.2, 0) is 14.9 Å². The number of hydrogen-bond acceptors (Lipinski definition) is 2. The number of benzene rings is 1. The Hall–Kier alpha value is -1.01. The number of carbonyl (C=O) groups excluding carboxylic acids is 1. The largest absolute Gasteiger partial charge is 0.375 e. The summed E-state index contributed by atoms with van der Waals surface area (Å²) in [5.74, 6) is -0.254. The van der Waals surface area contributed by atoms with Crippen molar-refractivity contribution in [3.05, 3.63) is 29.8 Å². The van der Waals surface area contributed by atoms with E-state index in [1.807, 2.05) is 18.2 Å². The van der Waals surface area contributed by atoms with E-state index in [-0.39, 0.29) is 18.9 Å². The molecule has 0 aromatic heterocycles. The minimum atomic E-state index is -2.50. The number of rotatable bonds is 7. The zero-order valence-electron chi connectivity index (χ0n) is 9.67. The summed E-state index contributed by atoms with van der Waals surface area (Å²) >= 11 is 3.32. The minimum absolute atomic E-state index is 0.00565. The van der Waals surface area contributed by atoms with Crippen LogP contribution in [0.15, 0.2) is 24.3 Å². The van der Waals surface area contributed by atoms with Gasteiger partial charge < -0.3 is 10.1 Å². The molecule has 0 spiro atoms. The van der Waals surface area contributed by atoms with Crippen LogP contribution >= 0.6 is 15.9 Å². The van der Waals surface area contributed by atoms with E-state index in [0.29, 0.717) is 11.0 Å². The Balaban J connectivity index is 2.30. The van der Waals surface area contributed by atoms with E-state index < -0.39 is 13.0 Å². The van der Waals surface area contributed by atoms with Gasteiger partial charge in [0.05, 0.1) is 13.0 Å². The Morgan fingerprint density at radius 2 is 2.22 bits per heavy atom. The molecule has 6 heteroatoms. The Bertz CT molecular complexity index is 388. The van der Waals surface area contributed by atoms with Gasteiger partial charge in [0.15, 0.2) is 0 Å². The highest BCUT2D eigenvalue weighted by Gasteiger charge is 2.05. The van der Waals surface area contributed by atoms with Crippen LogP contribution in [-0.4, -0.2) is 25.5 Å².